The summed E-state index contributed by atoms with van der Waals surface area (Å²) in [6, 6.07) is 16.7. The number of hydrogen-bond donors (Lipinski definition) is 1. The van der Waals surface area contributed by atoms with Crippen molar-refractivity contribution in [2.45, 2.75) is 26.8 Å². The molecular formula is C20H21N3O2. The van der Waals surface area contributed by atoms with Gasteiger partial charge >= 0.3 is 0 Å². The van der Waals surface area contributed by atoms with E-state index in [1.54, 1.807) is 12.1 Å². The van der Waals surface area contributed by atoms with Gasteiger partial charge in [0.05, 0.1) is 0 Å². The van der Waals surface area contributed by atoms with Gasteiger partial charge in [0.15, 0.2) is 0 Å². The number of hydrogen-bond acceptors (Lipinski definition) is 4. The minimum atomic E-state index is -0.348. The molecular weight excluding hydrogens is 314 g/mol. The molecule has 128 valence electrons. The summed E-state index contributed by atoms with van der Waals surface area (Å²) in [7, 11) is 0. The van der Waals surface area contributed by atoms with Crippen molar-refractivity contribution < 1.29 is 9.32 Å². The first-order chi connectivity index (χ1) is 12.0. The van der Waals surface area contributed by atoms with Crippen LogP contribution in [0, 0.1) is 12.8 Å². The lowest BCUT2D eigenvalue weighted by molar-refractivity contribution is 0.0914. The Morgan fingerprint density at radius 2 is 1.72 bits per heavy atom. The van der Waals surface area contributed by atoms with Crippen molar-refractivity contribution in [2.75, 3.05) is 0 Å². The lowest BCUT2D eigenvalue weighted by atomic mass is 10.0. The maximum Gasteiger partial charge on any atom is 0.251 e. The van der Waals surface area contributed by atoms with E-state index in [0.717, 1.165) is 5.56 Å². The van der Waals surface area contributed by atoms with Crippen molar-refractivity contribution in [3.8, 4) is 11.4 Å². The third-order valence-corrected chi connectivity index (χ3v) is 4.01. The molecule has 25 heavy (non-hydrogen) atoms. The summed E-state index contributed by atoms with van der Waals surface area (Å²) < 4.78 is 5.43. The summed E-state index contributed by atoms with van der Waals surface area (Å²) in [5, 5.41) is 7.05. The Morgan fingerprint density at radius 1 is 1.04 bits per heavy atom. The largest absolute Gasteiger partial charge is 0.340 e. The second kappa shape index (κ2) is 7.30. The van der Waals surface area contributed by atoms with Gasteiger partial charge in [0.2, 0.25) is 11.7 Å². The fourth-order valence-corrected chi connectivity index (χ4v) is 2.51. The first kappa shape index (κ1) is 16.9. The molecule has 0 saturated carbocycles. The monoisotopic (exact) mass is 335 g/mol. The number of rotatable bonds is 5. The molecule has 2 aromatic carbocycles. The molecule has 0 bridgehead atoms. The lowest BCUT2D eigenvalue weighted by Crippen LogP contribution is -2.32. The molecule has 0 saturated heterocycles. The number of aryl methyl sites for hydroxylation is 1. The molecule has 1 atom stereocenters. The van der Waals surface area contributed by atoms with Crippen LogP contribution < -0.4 is 5.32 Å². The maximum absolute atomic E-state index is 12.4. The first-order valence-corrected chi connectivity index (χ1v) is 8.31. The van der Waals surface area contributed by atoms with Crippen molar-refractivity contribution in [2.24, 2.45) is 5.92 Å². The molecule has 5 nitrogen and oxygen atoms in total. The van der Waals surface area contributed by atoms with E-state index in [2.05, 4.69) is 15.5 Å². The number of nitrogens with one attached hydrogen (secondary N) is 1. The summed E-state index contributed by atoms with van der Waals surface area (Å²) in [5.74, 6) is 0.887. The van der Waals surface area contributed by atoms with Crippen LogP contribution in [0.2, 0.25) is 0 Å². The van der Waals surface area contributed by atoms with Gasteiger partial charge in [0, 0.05) is 11.1 Å². The zero-order valence-corrected chi connectivity index (χ0v) is 14.6. The third-order valence-electron chi connectivity index (χ3n) is 4.01. The molecule has 1 amide bonds. The summed E-state index contributed by atoms with van der Waals surface area (Å²) >= 11 is 0. The molecule has 1 heterocycles. The molecule has 0 aliphatic carbocycles. The van der Waals surface area contributed by atoms with Crippen LogP contribution in [0.5, 0.6) is 0 Å². The molecule has 0 spiro atoms. The minimum Gasteiger partial charge on any atom is -0.340 e. The van der Waals surface area contributed by atoms with Gasteiger partial charge in [0.1, 0.15) is 6.04 Å². The van der Waals surface area contributed by atoms with E-state index < -0.39 is 0 Å². The van der Waals surface area contributed by atoms with Gasteiger partial charge < -0.3 is 9.84 Å². The molecule has 0 fully saturated rings. The van der Waals surface area contributed by atoms with E-state index in [4.69, 9.17) is 4.52 Å². The highest BCUT2D eigenvalue weighted by atomic mass is 16.5. The van der Waals surface area contributed by atoms with Crippen LogP contribution in [0.3, 0.4) is 0 Å². The fraction of sp³-hybridized carbons (Fsp3) is 0.250. The number of benzene rings is 2. The number of amides is 1. The summed E-state index contributed by atoms with van der Waals surface area (Å²) in [4.78, 5) is 16.9. The summed E-state index contributed by atoms with van der Waals surface area (Å²) in [5.41, 5.74) is 2.66. The average Bonchev–Trinajstić information content (AvgIpc) is 3.10. The van der Waals surface area contributed by atoms with Gasteiger partial charge in [-0.15, -0.1) is 0 Å². The predicted molar refractivity (Wildman–Crippen MR) is 96.0 cm³/mol. The van der Waals surface area contributed by atoms with Crippen LogP contribution in [0.25, 0.3) is 11.4 Å². The fourth-order valence-electron chi connectivity index (χ4n) is 2.51. The number of aromatic nitrogens is 2. The van der Waals surface area contributed by atoms with E-state index in [1.165, 1.54) is 5.56 Å². The van der Waals surface area contributed by atoms with Crippen LogP contribution in [-0.4, -0.2) is 16.0 Å². The van der Waals surface area contributed by atoms with Crippen molar-refractivity contribution in [3.05, 3.63) is 71.6 Å². The highest BCUT2D eigenvalue weighted by Gasteiger charge is 2.25. The van der Waals surface area contributed by atoms with Crippen molar-refractivity contribution >= 4 is 5.91 Å². The number of carbonyl (C=O) groups is 1. The smallest absolute Gasteiger partial charge is 0.251 e. The van der Waals surface area contributed by atoms with Crippen LogP contribution >= 0.6 is 0 Å². The average molecular weight is 335 g/mol. The van der Waals surface area contributed by atoms with E-state index in [9.17, 15) is 4.79 Å². The van der Waals surface area contributed by atoms with Crippen LogP contribution in [-0.2, 0) is 0 Å². The van der Waals surface area contributed by atoms with Gasteiger partial charge in [-0.1, -0.05) is 67.0 Å². The van der Waals surface area contributed by atoms with Gasteiger partial charge in [-0.2, -0.15) is 4.98 Å². The minimum absolute atomic E-state index is 0.110. The number of nitrogens with zero attached hydrogens (tertiary/aromatic N) is 2. The first-order valence-electron chi connectivity index (χ1n) is 8.31. The lowest BCUT2D eigenvalue weighted by Gasteiger charge is -2.18. The third kappa shape index (κ3) is 3.94. The zero-order valence-electron chi connectivity index (χ0n) is 14.6. The van der Waals surface area contributed by atoms with Gasteiger partial charge in [-0.3, -0.25) is 4.79 Å². The van der Waals surface area contributed by atoms with Crippen LogP contribution in [0.15, 0.2) is 59.1 Å². The number of carbonyl (C=O) groups excluding carboxylic acids is 1. The Hall–Kier alpha value is -2.95. The second-order valence-corrected chi connectivity index (χ2v) is 6.38. The molecule has 0 radical (unpaired) electrons. The second-order valence-electron chi connectivity index (χ2n) is 6.38. The Kier molecular flexibility index (Phi) is 4.93. The molecule has 3 aromatic rings. The molecule has 0 aliphatic rings. The Bertz CT molecular complexity index is 839. The summed E-state index contributed by atoms with van der Waals surface area (Å²) in [6.07, 6.45) is 0. The van der Waals surface area contributed by atoms with Crippen LogP contribution in [0.4, 0.5) is 0 Å². The molecule has 3 rings (SSSR count). The highest BCUT2D eigenvalue weighted by molar-refractivity contribution is 5.94. The van der Waals surface area contributed by atoms with E-state index >= 15 is 0 Å². The Labute approximate surface area is 147 Å². The molecule has 1 aromatic heterocycles. The highest BCUT2D eigenvalue weighted by Crippen LogP contribution is 2.24. The Morgan fingerprint density at radius 3 is 2.36 bits per heavy atom. The SMILES string of the molecule is Cc1ccc(-c2noc(C(NC(=O)c3ccccc3)C(C)C)n2)cc1. The van der Waals surface area contributed by atoms with Crippen LogP contribution in [0.1, 0.15) is 41.7 Å². The van der Waals surface area contributed by atoms with Crippen molar-refractivity contribution in [3.63, 3.8) is 0 Å². The van der Waals surface area contributed by atoms with E-state index in [0.29, 0.717) is 17.3 Å². The Balaban J connectivity index is 1.82. The van der Waals surface area contributed by atoms with E-state index in [-0.39, 0.29) is 17.9 Å². The molecule has 5 heteroatoms. The van der Waals surface area contributed by atoms with Gasteiger partial charge in [0.25, 0.3) is 5.91 Å². The molecule has 1 N–H and O–H groups in total. The van der Waals surface area contributed by atoms with Gasteiger partial charge in [-0.05, 0) is 25.0 Å². The summed E-state index contributed by atoms with van der Waals surface area (Å²) in [6.45, 7) is 6.04. The normalized spacial score (nSPS) is 12.2. The molecule has 0 aliphatic heterocycles. The topological polar surface area (TPSA) is 68.0 Å². The maximum atomic E-state index is 12.4. The van der Waals surface area contributed by atoms with Crippen molar-refractivity contribution in [1.29, 1.82) is 0 Å². The predicted octanol–water partition coefficient (Wildman–Crippen LogP) is 4.17. The standard InChI is InChI=1S/C20H21N3O2/c1-13(2)17(21-19(24)16-7-5-4-6-8-16)20-22-18(23-25-20)15-11-9-14(3)10-12-15/h4-13,17H,1-3H3,(H,21,24). The molecule has 1 unspecified atom stereocenters. The van der Waals surface area contributed by atoms with Crippen molar-refractivity contribution in [1.82, 2.24) is 15.5 Å². The van der Waals surface area contributed by atoms with E-state index in [1.807, 2.05) is 63.2 Å². The quantitative estimate of drug-likeness (QED) is 0.760. The van der Waals surface area contributed by atoms with Gasteiger partial charge in [-0.25, -0.2) is 0 Å². The zero-order chi connectivity index (χ0) is 17.8.